The van der Waals surface area contributed by atoms with Crippen molar-refractivity contribution >= 4 is 34.0 Å². The molecule has 6 nitrogen and oxygen atoms in total. The summed E-state index contributed by atoms with van der Waals surface area (Å²) in [5.74, 6) is -0.346. The number of aromatic nitrogens is 2. The van der Waals surface area contributed by atoms with E-state index in [2.05, 4.69) is 20.8 Å². The number of carbonyl (C=O) groups is 2. The van der Waals surface area contributed by atoms with Crippen molar-refractivity contribution in [3.05, 3.63) is 60.2 Å². The van der Waals surface area contributed by atoms with Crippen LogP contribution in [0.5, 0.6) is 0 Å². The smallest absolute Gasteiger partial charge is 0.257 e. The predicted molar refractivity (Wildman–Crippen MR) is 108 cm³/mol. The van der Waals surface area contributed by atoms with Gasteiger partial charge in [0.2, 0.25) is 11.0 Å². The Balaban J connectivity index is 1.65. The monoisotopic (exact) mass is 380 g/mol. The van der Waals surface area contributed by atoms with E-state index >= 15 is 0 Å². The number of rotatable bonds is 7. The first-order valence-electron chi connectivity index (χ1n) is 8.76. The number of amides is 2. The summed E-state index contributed by atoms with van der Waals surface area (Å²) >= 11 is 1.31. The van der Waals surface area contributed by atoms with Gasteiger partial charge < -0.3 is 5.32 Å². The molecule has 2 amide bonds. The van der Waals surface area contributed by atoms with Crippen LogP contribution in [0.25, 0.3) is 10.6 Å². The lowest BCUT2D eigenvalue weighted by molar-refractivity contribution is -0.116. The largest absolute Gasteiger partial charge is 0.326 e. The van der Waals surface area contributed by atoms with Gasteiger partial charge in [-0.05, 0) is 24.6 Å². The maximum Gasteiger partial charge on any atom is 0.257 e. The Labute approximate surface area is 161 Å². The molecule has 0 fully saturated rings. The summed E-state index contributed by atoms with van der Waals surface area (Å²) in [7, 11) is 0. The highest BCUT2D eigenvalue weighted by Gasteiger charge is 2.12. The number of nitrogens with zero attached hydrogens (tertiary/aromatic N) is 2. The molecule has 3 rings (SSSR count). The van der Waals surface area contributed by atoms with Gasteiger partial charge in [-0.1, -0.05) is 61.1 Å². The molecule has 2 aromatic carbocycles. The molecule has 1 heterocycles. The number of anilines is 2. The predicted octanol–water partition coefficient (Wildman–Crippen LogP) is 4.59. The van der Waals surface area contributed by atoms with Crippen LogP contribution in [0.3, 0.4) is 0 Å². The number of hydrogen-bond acceptors (Lipinski definition) is 5. The third-order valence-corrected chi connectivity index (χ3v) is 4.72. The van der Waals surface area contributed by atoms with E-state index in [1.165, 1.54) is 11.3 Å². The van der Waals surface area contributed by atoms with E-state index in [1.807, 2.05) is 37.3 Å². The fraction of sp³-hybridized carbons (Fsp3) is 0.200. The summed E-state index contributed by atoms with van der Waals surface area (Å²) in [5, 5.41) is 14.9. The first-order valence-corrected chi connectivity index (χ1v) is 9.57. The highest BCUT2D eigenvalue weighted by molar-refractivity contribution is 7.18. The second-order valence-electron chi connectivity index (χ2n) is 5.97. The lowest BCUT2D eigenvalue weighted by Crippen LogP contribution is -2.14. The zero-order valence-corrected chi connectivity index (χ0v) is 15.8. The molecule has 0 bridgehead atoms. The second kappa shape index (κ2) is 9.05. The Morgan fingerprint density at radius 3 is 2.59 bits per heavy atom. The van der Waals surface area contributed by atoms with Gasteiger partial charge in [0.1, 0.15) is 5.01 Å². The van der Waals surface area contributed by atoms with E-state index in [0.717, 1.165) is 23.4 Å². The molecular weight excluding hydrogens is 360 g/mol. The normalized spacial score (nSPS) is 10.4. The number of unbranched alkanes of at least 4 members (excludes halogenated alkanes) is 1. The molecule has 0 saturated heterocycles. The molecule has 2 N–H and O–H groups in total. The number of carbonyl (C=O) groups excluding carboxylic acids is 2. The number of nitrogens with one attached hydrogen (secondary N) is 2. The number of hydrogen-bond donors (Lipinski definition) is 2. The van der Waals surface area contributed by atoms with E-state index in [1.54, 1.807) is 24.3 Å². The van der Waals surface area contributed by atoms with Crippen LogP contribution in [0.4, 0.5) is 10.8 Å². The quantitative estimate of drug-likeness (QED) is 0.628. The molecule has 0 radical (unpaired) electrons. The van der Waals surface area contributed by atoms with Crippen molar-refractivity contribution in [1.29, 1.82) is 0 Å². The second-order valence-corrected chi connectivity index (χ2v) is 6.94. The van der Waals surface area contributed by atoms with Crippen molar-refractivity contribution < 1.29 is 9.59 Å². The fourth-order valence-electron chi connectivity index (χ4n) is 2.44. The summed E-state index contributed by atoms with van der Waals surface area (Å²) in [6.45, 7) is 2.04. The highest BCUT2D eigenvalue weighted by Crippen LogP contribution is 2.26. The minimum Gasteiger partial charge on any atom is -0.326 e. The van der Waals surface area contributed by atoms with E-state index in [4.69, 9.17) is 0 Å². The topological polar surface area (TPSA) is 84.0 Å². The molecule has 0 aliphatic rings. The molecular formula is C20H20N4O2S. The lowest BCUT2D eigenvalue weighted by atomic mass is 10.2. The van der Waals surface area contributed by atoms with Crippen LogP contribution in [0.15, 0.2) is 54.6 Å². The van der Waals surface area contributed by atoms with Crippen LogP contribution in [0.1, 0.15) is 36.5 Å². The first-order chi connectivity index (χ1) is 13.2. The molecule has 0 saturated carbocycles. The zero-order chi connectivity index (χ0) is 19.1. The summed E-state index contributed by atoms with van der Waals surface area (Å²) in [6.07, 6.45) is 2.27. The van der Waals surface area contributed by atoms with Crippen LogP contribution >= 0.6 is 11.3 Å². The lowest BCUT2D eigenvalue weighted by Gasteiger charge is -2.07. The van der Waals surface area contributed by atoms with Crippen molar-refractivity contribution in [3.8, 4) is 10.6 Å². The van der Waals surface area contributed by atoms with Gasteiger partial charge in [-0.25, -0.2) is 0 Å². The van der Waals surface area contributed by atoms with Crippen molar-refractivity contribution in [3.63, 3.8) is 0 Å². The Morgan fingerprint density at radius 1 is 1.00 bits per heavy atom. The van der Waals surface area contributed by atoms with Gasteiger partial charge in [0.05, 0.1) is 0 Å². The van der Waals surface area contributed by atoms with E-state index in [9.17, 15) is 9.59 Å². The van der Waals surface area contributed by atoms with Crippen molar-refractivity contribution in [2.45, 2.75) is 26.2 Å². The Morgan fingerprint density at radius 2 is 1.81 bits per heavy atom. The zero-order valence-electron chi connectivity index (χ0n) is 14.9. The SMILES string of the molecule is CCCCC(=O)Nc1cccc(C(=O)Nc2nnc(-c3ccccc3)s2)c1. The molecule has 3 aromatic rings. The highest BCUT2D eigenvalue weighted by atomic mass is 32.1. The van der Waals surface area contributed by atoms with E-state index in [-0.39, 0.29) is 11.8 Å². The molecule has 0 aliphatic heterocycles. The Kier molecular flexibility index (Phi) is 6.27. The Hall–Kier alpha value is -3.06. The van der Waals surface area contributed by atoms with Crippen LogP contribution < -0.4 is 10.6 Å². The molecule has 0 aliphatic carbocycles. The molecule has 0 unspecified atom stereocenters. The fourth-order valence-corrected chi connectivity index (χ4v) is 3.18. The third kappa shape index (κ3) is 5.21. The molecule has 138 valence electrons. The molecule has 27 heavy (non-hydrogen) atoms. The molecule has 1 aromatic heterocycles. The van der Waals surface area contributed by atoms with Crippen LogP contribution in [-0.2, 0) is 4.79 Å². The Bertz CT molecular complexity index is 924. The van der Waals surface area contributed by atoms with Crippen LogP contribution in [-0.4, -0.2) is 22.0 Å². The maximum absolute atomic E-state index is 12.5. The average Bonchev–Trinajstić information content (AvgIpc) is 3.16. The van der Waals surface area contributed by atoms with Gasteiger partial charge in [0.15, 0.2) is 0 Å². The standard InChI is InChI=1S/C20H20N4O2S/c1-2-3-12-17(25)21-16-11-7-10-15(13-16)18(26)22-20-24-23-19(27-20)14-8-5-4-6-9-14/h4-11,13H,2-3,12H2,1H3,(H,21,25)(H,22,24,26). The van der Waals surface area contributed by atoms with Gasteiger partial charge in [0, 0.05) is 23.2 Å². The van der Waals surface area contributed by atoms with Crippen molar-refractivity contribution in [2.24, 2.45) is 0 Å². The summed E-state index contributed by atoms with van der Waals surface area (Å²) < 4.78 is 0. The number of benzene rings is 2. The molecule has 7 heteroatoms. The van der Waals surface area contributed by atoms with Gasteiger partial charge in [-0.2, -0.15) is 0 Å². The maximum atomic E-state index is 12.5. The van der Waals surface area contributed by atoms with Gasteiger partial charge in [-0.15, -0.1) is 10.2 Å². The summed E-state index contributed by atoms with van der Waals surface area (Å²) in [5.41, 5.74) is 2.00. The van der Waals surface area contributed by atoms with E-state index in [0.29, 0.717) is 22.8 Å². The summed E-state index contributed by atoms with van der Waals surface area (Å²) in [6, 6.07) is 16.5. The van der Waals surface area contributed by atoms with Gasteiger partial charge in [0.25, 0.3) is 5.91 Å². The average molecular weight is 380 g/mol. The van der Waals surface area contributed by atoms with Gasteiger partial charge in [-0.3, -0.25) is 14.9 Å². The van der Waals surface area contributed by atoms with Crippen molar-refractivity contribution in [2.75, 3.05) is 10.6 Å². The van der Waals surface area contributed by atoms with Crippen LogP contribution in [0, 0.1) is 0 Å². The molecule has 0 atom stereocenters. The third-order valence-electron chi connectivity index (χ3n) is 3.83. The van der Waals surface area contributed by atoms with Crippen molar-refractivity contribution in [1.82, 2.24) is 10.2 Å². The summed E-state index contributed by atoms with van der Waals surface area (Å²) in [4.78, 5) is 24.3. The van der Waals surface area contributed by atoms with Crippen LogP contribution in [0.2, 0.25) is 0 Å². The minimum absolute atomic E-state index is 0.0500. The minimum atomic E-state index is -0.296. The van der Waals surface area contributed by atoms with Gasteiger partial charge >= 0.3 is 0 Å². The molecule has 0 spiro atoms. The van der Waals surface area contributed by atoms with E-state index < -0.39 is 0 Å². The first kappa shape index (κ1) is 18.7.